The lowest BCUT2D eigenvalue weighted by molar-refractivity contribution is -0.0920. The van der Waals surface area contributed by atoms with E-state index < -0.39 is 23.6 Å². The van der Waals surface area contributed by atoms with E-state index in [1.807, 2.05) is 0 Å². The van der Waals surface area contributed by atoms with Gasteiger partial charge in [-0.3, -0.25) is 14.9 Å². The molecule has 4 aromatic rings. The topological polar surface area (TPSA) is 121 Å². The van der Waals surface area contributed by atoms with Gasteiger partial charge in [-0.1, -0.05) is 6.07 Å². The molecule has 0 spiro atoms. The summed E-state index contributed by atoms with van der Waals surface area (Å²) in [4.78, 5) is 20.6. The van der Waals surface area contributed by atoms with E-state index in [-0.39, 0.29) is 29.5 Å². The number of fused-ring (bicyclic) bond motifs is 1. The van der Waals surface area contributed by atoms with Crippen molar-refractivity contribution in [2.45, 2.75) is 12.7 Å². The quantitative estimate of drug-likeness (QED) is 0.293. The molecule has 0 radical (unpaired) electrons. The van der Waals surface area contributed by atoms with Crippen molar-refractivity contribution in [2.24, 2.45) is 10.7 Å². The first kappa shape index (κ1) is 23.6. The predicted molar refractivity (Wildman–Crippen MR) is 129 cm³/mol. The second kappa shape index (κ2) is 9.17. The van der Waals surface area contributed by atoms with Crippen LogP contribution in [-0.4, -0.2) is 40.0 Å². The number of carbonyl (C=O) groups excluding carboxylic acids is 1. The number of alkyl halides is 3. The number of hydrogen-bond donors (Lipinski definition) is 4. The number of benzene rings is 2. The molecule has 1 aliphatic rings. The van der Waals surface area contributed by atoms with Crippen LogP contribution in [0.1, 0.15) is 21.1 Å². The molecule has 0 atom stereocenters. The number of rotatable bonds is 5. The van der Waals surface area contributed by atoms with Gasteiger partial charge in [0, 0.05) is 34.7 Å². The number of nitrogens with two attached hydrogens (primary N) is 1. The van der Waals surface area contributed by atoms with Crippen LogP contribution in [0.2, 0.25) is 0 Å². The van der Waals surface area contributed by atoms with Crippen molar-refractivity contribution in [1.82, 2.24) is 20.5 Å². The minimum Gasteiger partial charge on any atom is -0.376 e. The van der Waals surface area contributed by atoms with Crippen molar-refractivity contribution in [3.05, 3.63) is 69.7 Å². The van der Waals surface area contributed by atoms with Crippen LogP contribution in [-0.2, 0) is 6.54 Å². The molecule has 5 rings (SSSR count). The van der Waals surface area contributed by atoms with E-state index in [9.17, 15) is 22.4 Å². The van der Waals surface area contributed by atoms with Crippen molar-refractivity contribution >= 4 is 45.7 Å². The van der Waals surface area contributed by atoms with E-state index in [4.69, 9.17) is 5.73 Å². The summed E-state index contributed by atoms with van der Waals surface area (Å²) < 4.78 is 54.1. The SMILES string of the molecule is NCc1cc(-c2cc3cn[nH]c3cc2NC(=O)c2csc(C3=C(C(F)(F)F)N=CCN3)n2)ccc1F. The third-order valence-corrected chi connectivity index (χ3v) is 6.31. The van der Waals surface area contributed by atoms with Crippen molar-refractivity contribution < 1.29 is 22.4 Å². The van der Waals surface area contributed by atoms with Crippen LogP contribution in [0.15, 0.2) is 52.6 Å². The van der Waals surface area contributed by atoms with Crippen LogP contribution >= 0.6 is 11.3 Å². The van der Waals surface area contributed by atoms with Gasteiger partial charge in [0.1, 0.15) is 22.2 Å². The summed E-state index contributed by atoms with van der Waals surface area (Å²) in [5.41, 5.74) is 6.69. The molecule has 1 aliphatic heterocycles. The van der Waals surface area contributed by atoms with Gasteiger partial charge in [0.25, 0.3) is 5.91 Å². The molecule has 2 aromatic heterocycles. The maximum absolute atomic E-state index is 14.0. The molecule has 13 heteroatoms. The molecule has 2 aromatic carbocycles. The minimum absolute atomic E-state index is 0.00916. The molecule has 0 bridgehead atoms. The Hall–Kier alpha value is -4.10. The van der Waals surface area contributed by atoms with Gasteiger partial charge in [0.05, 0.1) is 23.9 Å². The molecule has 36 heavy (non-hydrogen) atoms. The number of anilines is 1. The van der Waals surface area contributed by atoms with E-state index in [1.54, 1.807) is 30.5 Å². The Bertz CT molecular complexity index is 1540. The van der Waals surface area contributed by atoms with E-state index >= 15 is 0 Å². The molecule has 8 nitrogen and oxygen atoms in total. The lowest BCUT2D eigenvalue weighted by Gasteiger charge is -2.17. The van der Waals surface area contributed by atoms with Crippen molar-refractivity contribution in [2.75, 3.05) is 11.9 Å². The largest absolute Gasteiger partial charge is 0.435 e. The second-order valence-electron chi connectivity index (χ2n) is 7.77. The number of thiazole rings is 1. The Labute approximate surface area is 205 Å². The molecule has 0 saturated carbocycles. The molecule has 0 unspecified atom stereocenters. The summed E-state index contributed by atoms with van der Waals surface area (Å²) in [5.74, 6) is -1.08. The molecule has 0 aliphatic carbocycles. The van der Waals surface area contributed by atoms with Gasteiger partial charge in [-0.2, -0.15) is 18.3 Å². The standard InChI is InChI=1S/C23H17F4N7OS/c24-15-2-1-11(5-12(15)8-28)14-6-13-9-31-34-16(13)7-17(14)32-21(35)18-10-36-22(33-18)19-20(23(25,26)27)30-4-3-29-19/h1-2,4-7,9-10,29H,3,8,28H2,(H,31,34)(H,32,35). The summed E-state index contributed by atoms with van der Waals surface area (Å²) in [7, 11) is 0. The average Bonchev–Trinajstić information content (AvgIpc) is 3.53. The number of nitrogens with one attached hydrogen (secondary N) is 3. The van der Waals surface area contributed by atoms with Gasteiger partial charge in [0.2, 0.25) is 0 Å². The summed E-state index contributed by atoms with van der Waals surface area (Å²) in [5, 5.41) is 14.3. The third kappa shape index (κ3) is 4.45. The smallest absolute Gasteiger partial charge is 0.376 e. The number of aromatic nitrogens is 3. The Morgan fingerprint density at radius 2 is 2.06 bits per heavy atom. The highest BCUT2D eigenvalue weighted by Gasteiger charge is 2.38. The number of carbonyl (C=O) groups is 1. The van der Waals surface area contributed by atoms with Crippen molar-refractivity contribution in [3.8, 4) is 11.1 Å². The number of hydrogen-bond acceptors (Lipinski definition) is 7. The molecular weight excluding hydrogens is 498 g/mol. The molecule has 184 valence electrons. The van der Waals surface area contributed by atoms with Gasteiger partial charge in [-0.25, -0.2) is 9.37 Å². The molecule has 1 amide bonds. The summed E-state index contributed by atoms with van der Waals surface area (Å²) in [6.45, 7) is 0.0941. The van der Waals surface area contributed by atoms with Gasteiger partial charge in [0.15, 0.2) is 5.70 Å². The fourth-order valence-corrected chi connectivity index (χ4v) is 4.56. The number of H-pyrrole nitrogens is 1. The van der Waals surface area contributed by atoms with Crippen LogP contribution < -0.4 is 16.4 Å². The average molecular weight is 515 g/mol. The van der Waals surface area contributed by atoms with Crippen molar-refractivity contribution in [1.29, 1.82) is 0 Å². The number of amides is 1. The van der Waals surface area contributed by atoms with Crippen LogP contribution in [0.4, 0.5) is 23.2 Å². The molecular formula is C23H17F4N7OS. The first-order valence-corrected chi connectivity index (χ1v) is 11.4. The van der Waals surface area contributed by atoms with Crippen LogP contribution in [0.25, 0.3) is 27.7 Å². The summed E-state index contributed by atoms with van der Waals surface area (Å²) in [6, 6.07) is 7.89. The van der Waals surface area contributed by atoms with E-state index in [1.165, 1.54) is 11.4 Å². The number of allylic oxidation sites excluding steroid dienone is 1. The first-order chi connectivity index (χ1) is 17.2. The van der Waals surface area contributed by atoms with E-state index in [0.717, 1.165) is 22.9 Å². The van der Waals surface area contributed by atoms with Crippen LogP contribution in [0.5, 0.6) is 0 Å². The number of aromatic amines is 1. The molecule has 5 N–H and O–H groups in total. The second-order valence-corrected chi connectivity index (χ2v) is 8.63. The van der Waals surface area contributed by atoms with Gasteiger partial charge < -0.3 is 16.4 Å². The van der Waals surface area contributed by atoms with Crippen molar-refractivity contribution in [3.63, 3.8) is 0 Å². The summed E-state index contributed by atoms with van der Waals surface area (Å²) >= 11 is 0.888. The molecule has 0 fully saturated rings. The zero-order chi connectivity index (χ0) is 25.4. The third-order valence-electron chi connectivity index (χ3n) is 5.45. The number of aliphatic imine (C=N–C) groups is 1. The predicted octanol–water partition coefficient (Wildman–Crippen LogP) is 4.44. The lowest BCUT2D eigenvalue weighted by atomic mass is 9.99. The highest BCUT2D eigenvalue weighted by Crippen LogP contribution is 2.35. The lowest BCUT2D eigenvalue weighted by Crippen LogP contribution is -2.26. The first-order valence-electron chi connectivity index (χ1n) is 10.6. The highest BCUT2D eigenvalue weighted by molar-refractivity contribution is 7.11. The number of nitrogens with zero attached hydrogens (tertiary/aromatic N) is 3. The maximum Gasteiger partial charge on any atom is 0.435 e. The Kier molecular flexibility index (Phi) is 6.02. The van der Waals surface area contributed by atoms with Crippen LogP contribution in [0, 0.1) is 5.82 Å². The molecule has 0 saturated heterocycles. The summed E-state index contributed by atoms with van der Waals surface area (Å²) in [6.07, 6.45) is -1.96. The van der Waals surface area contributed by atoms with Crippen LogP contribution in [0.3, 0.4) is 0 Å². The monoisotopic (exact) mass is 515 g/mol. The maximum atomic E-state index is 14.0. The Morgan fingerprint density at radius 3 is 2.83 bits per heavy atom. The van der Waals surface area contributed by atoms with Gasteiger partial charge in [-0.05, 0) is 29.8 Å². The zero-order valence-electron chi connectivity index (χ0n) is 18.3. The Balaban J connectivity index is 1.50. The Morgan fingerprint density at radius 1 is 1.22 bits per heavy atom. The zero-order valence-corrected chi connectivity index (χ0v) is 19.1. The minimum atomic E-state index is -4.68. The van der Waals surface area contributed by atoms with E-state index in [2.05, 4.69) is 30.8 Å². The fraction of sp³-hybridized carbons (Fsp3) is 0.130. The molecule has 3 heterocycles. The fourth-order valence-electron chi connectivity index (χ4n) is 3.74. The highest BCUT2D eigenvalue weighted by atomic mass is 32.1. The van der Waals surface area contributed by atoms with Gasteiger partial charge in [-0.15, -0.1) is 11.3 Å². The number of halogens is 4. The normalized spacial score (nSPS) is 13.8. The van der Waals surface area contributed by atoms with E-state index in [0.29, 0.717) is 27.9 Å². The van der Waals surface area contributed by atoms with Gasteiger partial charge >= 0.3 is 6.18 Å².